The number of ether oxygens (including phenoxy) is 2. The van der Waals surface area contributed by atoms with Gasteiger partial charge in [-0.2, -0.15) is 0 Å². The smallest absolute Gasteiger partial charge is 0.420 e. The van der Waals surface area contributed by atoms with Crippen LogP contribution in [-0.2, 0) is 20.7 Å². The van der Waals surface area contributed by atoms with Gasteiger partial charge in [0, 0.05) is 5.56 Å². The quantitative estimate of drug-likeness (QED) is 0.505. The van der Waals surface area contributed by atoms with Gasteiger partial charge >= 0.3 is 12.1 Å². The lowest BCUT2D eigenvalue weighted by Crippen LogP contribution is -2.44. The van der Waals surface area contributed by atoms with E-state index >= 15 is 0 Å². The molecule has 8 nitrogen and oxygen atoms in total. The first-order valence-corrected chi connectivity index (χ1v) is 11.6. The Hall–Kier alpha value is -3.68. The number of amides is 1. The van der Waals surface area contributed by atoms with E-state index in [4.69, 9.17) is 9.47 Å². The van der Waals surface area contributed by atoms with Crippen molar-refractivity contribution in [1.29, 1.82) is 0 Å². The summed E-state index contributed by atoms with van der Waals surface area (Å²) in [6.07, 6.45) is 1.80. The molecule has 35 heavy (non-hydrogen) atoms. The van der Waals surface area contributed by atoms with E-state index in [1.807, 2.05) is 30.3 Å². The number of nitrogens with one attached hydrogen (secondary N) is 1. The number of hydrogen-bond donors (Lipinski definition) is 1. The number of carbonyl (C=O) groups excluding carboxylic acids is 3. The van der Waals surface area contributed by atoms with E-state index in [1.165, 1.54) is 10.9 Å². The van der Waals surface area contributed by atoms with Crippen LogP contribution in [0.2, 0.25) is 0 Å². The van der Waals surface area contributed by atoms with Gasteiger partial charge in [-0.05, 0) is 78.1 Å². The lowest BCUT2D eigenvalue weighted by Gasteiger charge is -2.24. The molecule has 3 rings (SSSR count). The Balaban J connectivity index is 1.78. The maximum atomic E-state index is 13.1. The van der Waals surface area contributed by atoms with Crippen molar-refractivity contribution >= 4 is 29.0 Å². The zero-order chi connectivity index (χ0) is 25.8. The molecule has 1 atom stereocenters. The fourth-order valence-corrected chi connectivity index (χ4v) is 3.43. The summed E-state index contributed by atoms with van der Waals surface area (Å²) in [7, 11) is 0. The fraction of sp³-hybridized carbons (Fsp3) is 0.407. The minimum Gasteiger partial charge on any atom is -0.458 e. The number of fused-ring (bicyclic) bond motifs is 1. The van der Waals surface area contributed by atoms with E-state index < -0.39 is 35.2 Å². The topological polar surface area (TPSA) is 99.5 Å². The summed E-state index contributed by atoms with van der Waals surface area (Å²) in [5, 5.41) is 2.81. The summed E-state index contributed by atoms with van der Waals surface area (Å²) < 4.78 is 12.2. The maximum Gasteiger partial charge on any atom is 0.420 e. The van der Waals surface area contributed by atoms with Crippen LogP contribution < -0.4 is 5.32 Å². The number of esters is 1. The standard InChI is InChI=1S/C27H33N3O5/c1-26(2,3)34-24(32)20(14-12-18-10-8-7-9-11-18)29-23(31)19-13-15-22-21(16-19)28-17-30(22)25(33)35-27(4,5)6/h7-11,13,15-17,20H,12,14H2,1-6H3,(H,29,31)/t20-/m0/s1. The third-order valence-electron chi connectivity index (χ3n) is 4.96. The summed E-state index contributed by atoms with van der Waals surface area (Å²) in [6, 6.07) is 13.7. The second kappa shape index (κ2) is 10.3. The van der Waals surface area contributed by atoms with Gasteiger partial charge in [0.1, 0.15) is 23.6 Å². The van der Waals surface area contributed by atoms with Crippen molar-refractivity contribution in [2.45, 2.75) is 71.6 Å². The molecule has 0 bridgehead atoms. The molecule has 1 aromatic heterocycles. The molecule has 2 aromatic carbocycles. The second-order valence-corrected chi connectivity index (χ2v) is 10.4. The normalized spacial score (nSPS) is 12.7. The maximum absolute atomic E-state index is 13.1. The Morgan fingerprint density at radius 1 is 0.943 bits per heavy atom. The number of aryl methyl sites for hydroxylation is 1. The molecule has 1 N–H and O–H groups in total. The molecule has 0 spiro atoms. The summed E-state index contributed by atoms with van der Waals surface area (Å²) in [6.45, 7) is 10.7. The van der Waals surface area contributed by atoms with E-state index in [9.17, 15) is 14.4 Å². The summed E-state index contributed by atoms with van der Waals surface area (Å²) in [5.74, 6) is -0.917. The van der Waals surface area contributed by atoms with Crippen molar-refractivity contribution in [3.63, 3.8) is 0 Å². The molecule has 186 valence electrons. The molecule has 0 saturated heterocycles. The third-order valence-corrected chi connectivity index (χ3v) is 4.96. The highest BCUT2D eigenvalue weighted by Gasteiger charge is 2.27. The highest BCUT2D eigenvalue weighted by molar-refractivity contribution is 6.00. The number of benzene rings is 2. The number of hydrogen-bond acceptors (Lipinski definition) is 6. The largest absolute Gasteiger partial charge is 0.458 e. The van der Waals surface area contributed by atoms with Gasteiger partial charge in [-0.25, -0.2) is 19.1 Å². The van der Waals surface area contributed by atoms with Crippen LogP contribution in [0.15, 0.2) is 54.9 Å². The Morgan fingerprint density at radius 3 is 2.23 bits per heavy atom. The van der Waals surface area contributed by atoms with Crippen LogP contribution in [0.3, 0.4) is 0 Å². The van der Waals surface area contributed by atoms with Gasteiger partial charge in [0.05, 0.1) is 11.0 Å². The first-order chi connectivity index (χ1) is 16.3. The highest BCUT2D eigenvalue weighted by atomic mass is 16.6. The zero-order valence-electron chi connectivity index (χ0n) is 21.1. The molecular weight excluding hydrogens is 446 g/mol. The van der Waals surface area contributed by atoms with Crippen LogP contribution in [-0.4, -0.2) is 44.8 Å². The molecule has 3 aromatic rings. The van der Waals surface area contributed by atoms with Crippen LogP contribution in [0.4, 0.5) is 4.79 Å². The molecule has 1 amide bonds. The Morgan fingerprint density at radius 2 is 1.60 bits per heavy atom. The number of carbonyl (C=O) groups is 3. The van der Waals surface area contributed by atoms with E-state index in [-0.39, 0.29) is 0 Å². The molecule has 8 heteroatoms. The zero-order valence-corrected chi connectivity index (χ0v) is 21.1. The van der Waals surface area contributed by atoms with Crippen molar-refractivity contribution < 1.29 is 23.9 Å². The Bertz CT molecular complexity index is 1200. The SMILES string of the molecule is CC(C)(C)OC(=O)[C@H](CCc1ccccc1)NC(=O)c1ccc2c(c1)ncn2C(=O)OC(C)(C)C. The summed E-state index contributed by atoms with van der Waals surface area (Å²) in [4.78, 5) is 42.6. The number of imidazole rings is 1. The van der Waals surface area contributed by atoms with E-state index in [2.05, 4.69) is 10.3 Å². The van der Waals surface area contributed by atoms with Crippen LogP contribution in [0.5, 0.6) is 0 Å². The van der Waals surface area contributed by atoms with Crippen molar-refractivity contribution in [1.82, 2.24) is 14.9 Å². The van der Waals surface area contributed by atoms with Crippen molar-refractivity contribution in [2.75, 3.05) is 0 Å². The van der Waals surface area contributed by atoms with Gasteiger partial charge in [0.25, 0.3) is 5.91 Å². The minimum atomic E-state index is -0.822. The molecule has 0 unspecified atom stereocenters. The van der Waals surface area contributed by atoms with Crippen molar-refractivity contribution in [3.05, 3.63) is 66.0 Å². The van der Waals surface area contributed by atoms with Crippen LogP contribution in [0, 0.1) is 0 Å². The van der Waals surface area contributed by atoms with Crippen LogP contribution >= 0.6 is 0 Å². The first-order valence-electron chi connectivity index (χ1n) is 11.6. The molecule has 1 heterocycles. The average molecular weight is 480 g/mol. The Kier molecular flexibility index (Phi) is 7.63. The molecule has 0 aliphatic rings. The lowest BCUT2D eigenvalue weighted by atomic mass is 10.0. The lowest BCUT2D eigenvalue weighted by molar-refractivity contribution is -0.157. The number of rotatable bonds is 6. The molecule has 0 aliphatic carbocycles. The number of aromatic nitrogens is 2. The predicted octanol–water partition coefficient (Wildman–Crippen LogP) is 4.89. The molecule has 0 saturated carbocycles. The predicted molar refractivity (Wildman–Crippen MR) is 133 cm³/mol. The van der Waals surface area contributed by atoms with Gasteiger partial charge in [0.2, 0.25) is 0 Å². The van der Waals surface area contributed by atoms with Gasteiger partial charge in [-0.1, -0.05) is 30.3 Å². The Labute approximate surface area is 205 Å². The monoisotopic (exact) mass is 479 g/mol. The molecule has 0 fully saturated rings. The fourth-order valence-electron chi connectivity index (χ4n) is 3.43. The van der Waals surface area contributed by atoms with Gasteiger partial charge < -0.3 is 14.8 Å². The van der Waals surface area contributed by atoms with E-state index in [0.29, 0.717) is 29.4 Å². The summed E-state index contributed by atoms with van der Waals surface area (Å²) >= 11 is 0. The number of nitrogens with zero attached hydrogens (tertiary/aromatic N) is 2. The van der Waals surface area contributed by atoms with E-state index in [0.717, 1.165) is 5.56 Å². The second-order valence-electron chi connectivity index (χ2n) is 10.4. The average Bonchev–Trinajstić information content (AvgIpc) is 3.18. The van der Waals surface area contributed by atoms with Crippen molar-refractivity contribution in [2.24, 2.45) is 0 Å². The van der Waals surface area contributed by atoms with Gasteiger partial charge in [-0.3, -0.25) is 4.79 Å². The van der Waals surface area contributed by atoms with Gasteiger partial charge in [0.15, 0.2) is 0 Å². The van der Waals surface area contributed by atoms with Crippen LogP contribution in [0.1, 0.15) is 63.9 Å². The van der Waals surface area contributed by atoms with Crippen LogP contribution in [0.25, 0.3) is 11.0 Å². The first kappa shape index (κ1) is 25.9. The minimum absolute atomic E-state index is 0.320. The molecule has 0 radical (unpaired) electrons. The highest BCUT2D eigenvalue weighted by Crippen LogP contribution is 2.18. The van der Waals surface area contributed by atoms with Gasteiger partial charge in [-0.15, -0.1) is 0 Å². The summed E-state index contributed by atoms with van der Waals surface area (Å²) in [5.41, 5.74) is 1.03. The molecular formula is C27H33N3O5. The van der Waals surface area contributed by atoms with Crippen molar-refractivity contribution in [3.8, 4) is 0 Å². The van der Waals surface area contributed by atoms with E-state index in [1.54, 1.807) is 59.7 Å². The third kappa shape index (κ3) is 7.40. The molecule has 0 aliphatic heterocycles.